The number of urea groups is 1. The summed E-state index contributed by atoms with van der Waals surface area (Å²) in [5.41, 5.74) is 3.64. The molecule has 2 aliphatic heterocycles. The molecule has 0 bridgehead atoms. The third-order valence-electron chi connectivity index (χ3n) is 7.17. The summed E-state index contributed by atoms with van der Waals surface area (Å²) in [5.74, 6) is -1.94. The normalized spacial score (nSPS) is 20.8. The number of carbonyl (C=O) groups is 3. The van der Waals surface area contributed by atoms with Gasteiger partial charge in [-0.05, 0) is 87.4 Å². The second-order valence-electron chi connectivity index (χ2n) is 10.2. The van der Waals surface area contributed by atoms with Crippen LogP contribution >= 0.6 is 0 Å². The summed E-state index contributed by atoms with van der Waals surface area (Å²) in [6.45, 7) is 13.0. The highest BCUT2D eigenvalue weighted by Gasteiger charge is 2.39. The fourth-order valence-electron chi connectivity index (χ4n) is 5.29. The third kappa shape index (κ3) is 4.24. The number of carbonyl (C=O) groups excluding carboxylic acids is 3. The molecular weight excluding hydrogens is 445 g/mol. The first-order chi connectivity index (χ1) is 16.5. The molecule has 1 unspecified atom stereocenters. The molecule has 4 amide bonds. The Hall–Kier alpha value is -3.48. The van der Waals surface area contributed by atoms with Crippen molar-refractivity contribution in [2.75, 3.05) is 16.3 Å². The summed E-state index contributed by atoms with van der Waals surface area (Å²) in [7, 11) is 0. The molecule has 2 heterocycles. The summed E-state index contributed by atoms with van der Waals surface area (Å²) in [6, 6.07) is 7.69. The van der Waals surface area contributed by atoms with Crippen LogP contribution in [0.4, 0.5) is 20.6 Å². The quantitative estimate of drug-likeness (QED) is 0.459. The summed E-state index contributed by atoms with van der Waals surface area (Å²) in [5, 5.41) is 2.23. The van der Waals surface area contributed by atoms with Crippen LogP contribution in [0.3, 0.4) is 0 Å². The number of fused-ring (bicyclic) bond motifs is 1. The van der Waals surface area contributed by atoms with E-state index in [4.69, 9.17) is 0 Å². The number of hydrogen-bond donors (Lipinski definition) is 1. The van der Waals surface area contributed by atoms with E-state index < -0.39 is 23.7 Å². The van der Waals surface area contributed by atoms with E-state index in [0.29, 0.717) is 5.69 Å². The van der Waals surface area contributed by atoms with E-state index in [-0.39, 0.29) is 22.6 Å². The van der Waals surface area contributed by atoms with Gasteiger partial charge in [-0.1, -0.05) is 26.0 Å². The van der Waals surface area contributed by atoms with Crippen LogP contribution in [0, 0.1) is 19.7 Å². The van der Waals surface area contributed by atoms with E-state index >= 15 is 4.39 Å². The number of amides is 4. The van der Waals surface area contributed by atoms with Gasteiger partial charge in [0, 0.05) is 23.3 Å². The van der Waals surface area contributed by atoms with Crippen LogP contribution < -0.4 is 15.1 Å². The molecule has 0 saturated carbocycles. The zero-order chi connectivity index (χ0) is 25.7. The molecule has 2 aromatic carbocycles. The molecule has 6 nitrogen and oxygen atoms in total. The van der Waals surface area contributed by atoms with E-state index in [0.717, 1.165) is 46.7 Å². The monoisotopic (exact) mass is 477 g/mol. The van der Waals surface area contributed by atoms with Gasteiger partial charge in [-0.15, -0.1) is 0 Å². The lowest BCUT2D eigenvalue weighted by atomic mass is 9.79. The predicted molar refractivity (Wildman–Crippen MR) is 136 cm³/mol. The van der Waals surface area contributed by atoms with Crippen molar-refractivity contribution in [1.29, 1.82) is 0 Å². The Bertz CT molecular complexity index is 1260. The fraction of sp³-hybridized carbons (Fsp3) is 0.393. The molecule has 0 spiro atoms. The van der Waals surface area contributed by atoms with Gasteiger partial charge in [0.05, 0.1) is 5.69 Å². The number of nitrogens with zero attached hydrogens (tertiary/aromatic N) is 2. The van der Waals surface area contributed by atoms with Crippen LogP contribution in [-0.4, -0.2) is 29.9 Å². The van der Waals surface area contributed by atoms with Crippen molar-refractivity contribution in [2.45, 2.75) is 65.8 Å². The van der Waals surface area contributed by atoms with Crippen molar-refractivity contribution < 1.29 is 18.8 Å². The minimum Gasteiger partial charge on any atom is -0.366 e. The Balaban J connectivity index is 1.79. The van der Waals surface area contributed by atoms with Gasteiger partial charge in [-0.2, -0.15) is 0 Å². The van der Waals surface area contributed by atoms with Gasteiger partial charge in [0.2, 0.25) is 0 Å². The zero-order valence-corrected chi connectivity index (χ0v) is 21.2. The average Bonchev–Trinajstić information content (AvgIpc) is 2.77. The highest BCUT2D eigenvalue weighted by atomic mass is 19.1. The molecule has 0 radical (unpaired) electrons. The third-order valence-corrected chi connectivity index (χ3v) is 7.17. The van der Waals surface area contributed by atoms with Crippen molar-refractivity contribution in [3.8, 4) is 0 Å². The number of halogens is 1. The molecule has 1 N–H and O–H groups in total. The van der Waals surface area contributed by atoms with Gasteiger partial charge >= 0.3 is 6.03 Å². The lowest BCUT2D eigenvalue weighted by Crippen LogP contribution is -2.54. The Labute approximate surface area is 205 Å². The molecule has 2 aromatic rings. The molecule has 4 rings (SSSR count). The minimum absolute atomic E-state index is 0.111. The number of anilines is 2. The first-order valence-corrected chi connectivity index (χ1v) is 12.0. The summed E-state index contributed by atoms with van der Waals surface area (Å²) >= 11 is 0. The van der Waals surface area contributed by atoms with Gasteiger partial charge in [0.1, 0.15) is 11.4 Å². The highest BCUT2D eigenvalue weighted by molar-refractivity contribution is 6.39. The van der Waals surface area contributed by atoms with Crippen molar-refractivity contribution in [3.05, 3.63) is 64.0 Å². The zero-order valence-electron chi connectivity index (χ0n) is 21.2. The summed E-state index contributed by atoms with van der Waals surface area (Å²) in [6.07, 6.45) is 3.09. The maximum absolute atomic E-state index is 15.4. The number of hydrogen-bond acceptors (Lipinski definition) is 4. The van der Waals surface area contributed by atoms with Crippen LogP contribution in [0.1, 0.15) is 68.7 Å². The number of barbiturate groups is 1. The first-order valence-electron chi connectivity index (χ1n) is 12.0. The van der Waals surface area contributed by atoms with E-state index in [1.54, 1.807) is 25.1 Å². The molecular formula is C28H32FN3O3. The SMILES string of the molecule is CCCN1c2cc(F)c(/C=C3/C(=O)NC(=O)N(c4cccc(C)c4C)C3=O)cc2C(C)CC1(C)C. The van der Waals surface area contributed by atoms with Gasteiger partial charge in [0.25, 0.3) is 11.8 Å². The molecule has 2 aliphatic rings. The van der Waals surface area contributed by atoms with Crippen LogP contribution in [0.15, 0.2) is 35.9 Å². The van der Waals surface area contributed by atoms with Gasteiger partial charge < -0.3 is 4.90 Å². The van der Waals surface area contributed by atoms with Crippen LogP contribution in [0.2, 0.25) is 0 Å². The molecule has 1 fully saturated rings. The van der Waals surface area contributed by atoms with Crippen molar-refractivity contribution in [1.82, 2.24) is 5.32 Å². The minimum atomic E-state index is -0.833. The Morgan fingerprint density at radius 2 is 1.86 bits per heavy atom. The molecule has 35 heavy (non-hydrogen) atoms. The second-order valence-corrected chi connectivity index (χ2v) is 10.2. The standard InChI is InChI=1S/C28H32FN3O3/c1-7-11-31-24-14-22(29)19(12-20(24)17(3)15-28(31,5)6)13-21-25(33)30-27(35)32(26(21)34)23-10-8-9-16(2)18(23)4/h8-10,12-14,17H,7,11,15H2,1-6H3,(H,30,33,35)/b21-13-. The lowest BCUT2D eigenvalue weighted by Gasteiger charge is -2.47. The largest absolute Gasteiger partial charge is 0.366 e. The van der Waals surface area contributed by atoms with Crippen molar-refractivity contribution in [2.24, 2.45) is 0 Å². The topological polar surface area (TPSA) is 69.7 Å². The molecule has 0 aliphatic carbocycles. The molecule has 184 valence electrons. The van der Waals surface area contributed by atoms with Crippen LogP contribution in [0.5, 0.6) is 0 Å². The van der Waals surface area contributed by atoms with Crippen LogP contribution in [-0.2, 0) is 9.59 Å². The smallest absolute Gasteiger partial charge is 0.335 e. The highest BCUT2D eigenvalue weighted by Crippen LogP contribution is 2.44. The molecule has 7 heteroatoms. The van der Waals surface area contributed by atoms with E-state index in [2.05, 4.69) is 37.9 Å². The molecule has 1 atom stereocenters. The number of imide groups is 2. The first kappa shape index (κ1) is 24.6. The summed E-state index contributed by atoms with van der Waals surface area (Å²) < 4.78 is 15.4. The van der Waals surface area contributed by atoms with Gasteiger partial charge in [-0.3, -0.25) is 14.9 Å². The number of nitrogens with one attached hydrogen (secondary N) is 1. The lowest BCUT2D eigenvalue weighted by molar-refractivity contribution is -0.122. The van der Waals surface area contributed by atoms with E-state index in [9.17, 15) is 14.4 Å². The number of benzene rings is 2. The Kier molecular flexibility index (Phi) is 6.30. The Morgan fingerprint density at radius 3 is 2.54 bits per heavy atom. The van der Waals surface area contributed by atoms with Gasteiger partial charge in [0.15, 0.2) is 0 Å². The Morgan fingerprint density at radius 1 is 1.14 bits per heavy atom. The fourth-order valence-corrected chi connectivity index (χ4v) is 5.29. The summed E-state index contributed by atoms with van der Waals surface area (Å²) in [4.78, 5) is 41.8. The van der Waals surface area contributed by atoms with Crippen molar-refractivity contribution in [3.63, 3.8) is 0 Å². The van der Waals surface area contributed by atoms with E-state index in [1.165, 1.54) is 12.1 Å². The molecule has 1 saturated heterocycles. The average molecular weight is 478 g/mol. The predicted octanol–water partition coefficient (Wildman–Crippen LogP) is 5.61. The maximum atomic E-state index is 15.4. The number of rotatable bonds is 4. The molecule has 0 aromatic heterocycles. The van der Waals surface area contributed by atoms with Gasteiger partial charge in [-0.25, -0.2) is 14.1 Å². The van der Waals surface area contributed by atoms with Crippen molar-refractivity contribution >= 4 is 35.3 Å². The number of aryl methyl sites for hydroxylation is 1. The maximum Gasteiger partial charge on any atom is 0.335 e. The van der Waals surface area contributed by atoms with Crippen LogP contribution in [0.25, 0.3) is 6.08 Å². The van der Waals surface area contributed by atoms with E-state index in [1.807, 2.05) is 13.0 Å². The second kappa shape index (κ2) is 8.95.